The largest absolute Gasteiger partial charge is 0.418 e. The van der Waals surface area contributed by atoms with Gasteiger partial charge in [0.25, 0.3) is 0 Å². The average Bonchev–Trinajstić information content (AvgIpc) is 3.38. The maximum absolute atomic E-state index is 13.4. The van der Waals surface area contributed by atoms with Crippen molar-refractivity contribution in [1.29, 1.82) is 0 Å². The molecule has 1 aromatic carbocycles. The number of carbonyl (C=O) groups is 1. The number of nitrogens with zero attached hydrogens (tertiary/aromatic N) is 3. The van der Waals surface area contributed by atoms with Crippen LogP contribution in [0, 0.1) is 11.3 Å². The molecule has 1 saturated heterocycles. The Balaban J connectivity index is 1.40. The topological polar surface area (TPSA) is 84.1 Å². The summed E-state index contributed by atoms with van der Waals surface area (Å²) in [5.74, 6) is -0.138. The zero-order valence-electron chi connectivity index (χ0n) is 17.2. The summed E-state index contributed by atoms with van der Waals surface area (Å²) in [5, 5.41) is 3.20. The second-order valence-corrected chi connectivity index (χ2v) is 9.31. The Hall–Kier alpha value is -2.42. The first-order valence-electron chi connectivity index (χ1n) is 10.9. The predicted octanol–water partition coefficient (Wildman–Crippen LogP) is 3.25. The highest BCUT2D eigenvalue weighted by molar-refractivity contribution is 5.92. The zero-order chi connectivity index (χ0) is 21.8. The van der Waals surface area contributed by atoms with E-state index in [-0.39, 0.29) is 40.4 Å². The molecule has 3 N–H and O–H groups in total. The van der Waals surface area contributed by atoms with Gasteiger partial charge in [-0.15, -0.1) is 0 Å². The first kappa shape index (κ1) is 20.5. The molecule has 2 aromatic rings. The monoisotopic (exact) mass is 433 g/mol. The molecule has 2 saturated carbocycles. The van der Waals surface area contributed by atoms with Crippen molar-refractivity contribution in [3.8, 4) is 0 Å². The van der Waals surface area contributed by atoms with Crippen molar-refractivity contribution in [1.82, 2.24) is 15.3 Å². The Morgan fingerprint density at radius 3 is 2.58 bits per heavy atom. The highest BCUT2D eigenvalue weighted by Crippen LogP contribution is 2.57. The molecule has 1 amide bonds. The standard InChI is InChI=1S/C22H26F3N5O/c23-22(24,25)15-4-5-17(19-18(15)27-8-9-28-19)30-11-16(21(12-30)6-7-21)20(31)29-14-3-1-2-13(26)10-14/h4-5,8-9,13-14,16H,1-3,6-7,10-12,26H2,(H,29,31)/t13-,14?,16?/m1/s1. The van der Waals surface area contributed by atoms with E-state index < -0.39 is 11.7 Å². The van der Waals surface area contributed by atoms with Crippen molar-refractivity contribution in [3.05, 3.63) is 30.1 Å². The molecule has 5 rings (SSSR count). The van der Waals surface area contributed by atoms with Gasteiger partial charge in [-0.2, -0.15) is 13.2 Å². The number of hydrogen-bond acceptors (Lipinski definition) is 5. The Bertz CT molecular complexity index is 1010. The molecule has 1 spiro atoms. The van der Waals surface area contributed by atoms with E-state index in [1.807, 2.05) is 4.90 Å². The molecule has 2 heterocycles. The van der Waals surface area contributed by atoms with Crippen LogP contribution in [-0.4, -0.2) is 41.0 Å². The fourth-order valence-electron chi connectivity index (χ4n) is 5.37. The van der Waals surface area contributed by atoms with Gasteiger partial charge in [-0.3, -0.25) is 14.8 Å². The lowest BCUT2D eigenvalue weighted by molar-refractivity contribution is -0.136. The van der Waals surface area contributed by atoms with E-state index in [0.29, 0.717) is 18.8 Å². The summed E-state index contributed by atoms with van der Waals surface area (Å²) in [4.78, 5) is 23.4. The van der Waals surface area contributed by atoms with Gasteiger partial charge >= 0.3 is 6.18 Å². The third kappa shape index (κ3) is 3.73. The van der Waals surface area contributed by atoms with E-state index in [9.17, 15) is 18.0 Å². The van der Waals surface area contributed by atoms with E-state index in [1.54, 1.807) is 0 Å². The molecule has 1 aromatic heterocycles. The van der Waals surface area contributed by atoms with Crippen molar-refractivity contribution in [2.45, 2.75) is 56.8 Å². The van der Waals surface area contributed by atoms with Crippen LogP contribution in [0.5, 0.6) is 0 Å². The molecule has 1 aliphatic heterocycles. The summed E-state index contributed by atoms with van der Waals surface area (Å²) in [6, 6.07) is 2.78. The lowest BCUT2D eigenvalue weighted by atomic mass is 9.89. The van der Waals surface area contributed by atoms with Gasteiger partial charge in [-0.1, -0.05) is 0 Å². The van der Waals surface area contributed by atoms with Gasteiger partial charge in [0, 0.05) is 43.0 Å². The number of amides is 1. The number of hydrogen-bond donors (Lipinski definition) is 2. The fourth-order valence-corrected chi connectivity index (χ4v) is 5.37. The van der Waals surface area contributed by atoms with Crippen molar-refractivity contribution in [2.75, 3.05) is 18.0 Å². The minimum atomic E-state index is -4.50. The number of nitrogens with one attached hydrogen (secondary N) is 1. The molecule has 31 heavy (non-hydrogen) atoms. The van der Waals surface area contributed by atoms with Gasteiger partial charge in [0.2, 0.25) is 5.91 Å². The Labute approximate surface area is 178 Å². The van der Waals surface area contributed by atoms with E-state index in [0.717, 1.165) is 44.6 Å². The van der Waals surface area contributed by atoms with E-state index in [4.69, 9.17) is 5.73 Å². The molecular weight excluding hydrogens is 407 g/mol. The normalized spacial score (nSPS) is 27.6. The van der Waals surface area contributed by atoms with Crippen LogP contribution in [0.4, 0.5) is 18.9 Å². The minimum Gasteiger partial charge on any atom is -0.368 e. The van der Waals surface area contributed by atoms with Crippen LogP contribution in [0.1, 0.15) is 44.1 Å². The van der Waals surface area contributed by atoms with Gasteiger partial charge in [0.15, 0.2) is 0 Å². The molecule has 2 unspecified atom stereocenters. The molecule has 0 radical (unpaired) electrons. The molecule has 9 heteroatoms. The zero-order valence-corrected chi connectivity index (χ0v) is 17.2. The first-order valence-corrected chi connectivity index (χ1v) is 10.9. The van der Waals surface area contributed by atoms with Gasteiger partial charge < -0.3 is 16.0 Å². The number of rotatable bonds is 3. The second-order valence-electron chi connectivity index (χ2n) is 9.31. The third-order valence-corrected chi connectivity index (χ3v) is 7.17. The predicted molar refractivity (Wildman–Crippen MR) is 110 cm³/mol. The van der Waals surface area contributed by atoms with Gasteiger partial charge in [-0.25, -0.2) is 0 Å². The van der Waals surface area contributed by atoms with Crippen LogP contribution < -0.4 is 16.0 Å². The lowest BCUT2D eigenvalue weighted by Gasteiger charge is -2.29. The highest BCUT2D eigenvalue weighted by Gasteiger charge is 2.58. The van der Waals surface area contributed by atoms with Crippen molar-refractivity contribution in [3.63, 3.8) is 0 Å². The number of benzene rings is 1. The smallest absolute Gasteiger partial charge is 0.368 e. The SMILES string of the molecule is N[C@@H]1CCCC(NC(=O)C2CN(c3ccc(C(F)(F)F)c4nccnc34)CC23CC3)C1. The molecule has 3 fully saturated rings. The fraction of sp³-hybridized carbons (Fsp3) is 0.591. The third-order valence-electron chi connectivity index (χ3n) is 7.17. The van der Waals surface area contributed by atoms with E-state index in [2.05, 4.69) is 15.3 Å². The molecule has 2 aliphatic carbocycles. The summed E-state index contributed by atoms with van der Waals surface area (Å²) >= 11 is 0. The number of alkyl halides is 3. The molecule has 166 valence electrons. The Kier molecular flexibility index (Phi) is 4.84. The Morgan fingerprint density at radius 1 is 1.16 bits per heavy atom. The van der Waals surface area contributed by atoms with Crippen molar-refractivity contribution in [2.24, 2.45) is 17.1 Å². The minimum absolute atomic E-state index is 0.0430. The van der Waals surface area contributed by atoms with Crippen LogP contribution in [0.3, 0.4) is 0 Å². The number of aromatic nitrogens is 2. The molecule has 3 aliphatic rings. The van der Waals surface area contributed by atoms with Crippen molar-refractivity contribution >= 4 is 22.6 Å². The number of anilines is 1. The summed E-state index contributed by atoms with van der Waals surface area (Å²) in [5.41, 5.74) is 5.86. The molecule has 6 nitrogen and oxygen atoms in total. The summed E-state index contributed by atoms with van der Waals surface area (Å²) < 4.78 is 40.3. The van der Waals surface area contributed by atoms with Crippen molar-refractivity contribution < 1.29 is 18.0 Å². The first-order chi connectivity index (χ1) is 14.8. The van der Waals surface area contributed by atoms with E-state index >= 15 is 0 Å². The molecule has 3 atom stereocenters. The van der Waals surface area contributed by atoms with Crippen LogP contribution >= 0.6 is 0 Å². The maximum Gasteiger partial charge on any atom is 0.418 e. The Morgan fingerprint density at radius 2 is 1.90 bits per heavy atom. The van der Waals surface area contributed by atoms with Crippen LogP contribution in [0.25, 0.3) is 11.0 Å². The van der Waals surface area contributed by atoms with Crippen LogP contribution in [0.15, 0.2) is 24.5 Å². The number of fused-ring (bicyclic) bond motifs is 1. The highest BCUT2D eigenvalue weighted by atomic mass is 19.4. The maximum atomic E-state index is 13.4. The average molecular weight is 433 g/mol. The van der Waals surface area contributed by atoms with Gasteiger partial charge in [-0.05, 0) is 50.7 Å². The van der Waals surface area contributed by atoms with Crippen LogP contribution in [-0.2, 0) is 11.0 Å². The summed E-state index contributed by atoms with van der Waals surface area (Å²) in [6.07, 6.45) is 3.85. The number of carbonyl (C=O) groups excluding carboxylic acids is 1. The quantitative estimate of drug-likeness (QED) is 0.776. The summed E-state index contributed by atoms with van der Waals surface area (Å²) in [6.45, 7) is 1.12. The van der Waals surface area contributed by atoms with Crippen LogP contribution in [0.2, 0.25) is 0 Å². The summed E-state index contributed by atoms with van der Waals surface area (Å²) in [7, 11) is 0. The van der Waals surface area contributed by atoms with Gasteiger partial charge in [0.1, 0.15) is 11.0 Å². The number of nitrogens with two attached hydrogens (primary N) is 1. The second kappa shape index (κ2) is 7.32. The molecule has 0 bridgehead atoms. The molecular formula is C22H26F3N5O. The van der Waals surface area contributed by atoms with E-state index in [1.165, 1.54) is 18.5 Å². The lowest BCUT2D eigenvalue weighted by Crippen LogP contribution is -2.46. The number of halogens is 3. The van der Waals surface area contributed by atoms with Gasteiger partial charge in [0.05, 0.1) is 17.2 Å².